The van der Waals surface area contributed by atoms with Crippen molar-refractivity contribution in [2.24, 2.45) is 5.92 Å². The fraction of sp³-hybridized carbons (Fsp3) is 0.300. The zero-order valence-electron chi connectivity index (χ0n) is 15.5. The van der Waals surface area contributed by atoms with Crippen molar-refractivity contribution in [2.45, 2.75) is 13.0 Å². The van der Waals surface area contributed by atoms with Crippen LogP contribution in [0, 0.1) is 5.92 Å². The molecule has 0 radical (unpaired) electrons. The SMILES string of the molecule is CCOC(=O)COC1=CC(O)C(C=CC(=O)c2ccc(OC)c(O)c2)C(O)=C1. The van der Waals surface area contributed by atoms with E-state index in [0.29, 0.717) is 0 Å². The minimum Gasteiger partial charge on any atom is -0.511 e. The van der Waals surface area contributed by atoms with Gasteiger partial charge in [0, 0.05) is 11.6 Å². The molecule has 1 aliphatic rings. The predicted molar refractivity (Wildman–Crippen MR) is 99.0 cm³/mol. The van der Waals surface area contributed by atoms with E-state index in [2.05, 4.69) is 0 Å². The number of carbonyl (C=O) groups is 2. The lowest BCUT2D eigenvalue weighted by Crippen LogP contribution is -2.23. The van der Waals surface area contributed by atoms with Crippen LogP contribution in [0.1, 0.15) is 17.3 Å². The molecule has 3 N–H and O–H groups in total. The summed E-state index contributed by atoms with van der Waals surface area (Å²) < 4.78 is 14.8. The highest BCUT2D eigenvalue weighted by Crippen LogP contribution is 2.27. The summed E-state index contributed by atoms with van der Waals surface area (Å²) in [6.45, 7) is 1.53. The molecule has 2 unspecified atom stereocenters. The van der Waals surface area contributed by atoms with E-state index in [0.717, 1.165) is 0 Å². The number of phenolic OH excluding ortho intramolecular Hbond substituents is 1. The molecule has 1 aromatic rings. The fourth-order valence-electron chi connectivity index (χ4n) is 2.51. The number of hydrogen-bond acceptors (Lipinski definition) is 8. The van der Waals surface area contributed by atoms with Crippen molar-refractivity contribution in [1.29, 1.82) is 0 Å². The number of phenols is 1. The molecule has 0 aromatic heterocycles. The Kier molecular flexibility index (Phi) is 7.22. The van der Waals surface area contributed by atoms with Crippen molar-refractivity contribution >= 4 is 11.8 Å². The van der Waals surface area contributed by atoms with Crippen LogP contribution in [0.5, 0.6) is 11.5 Å². The second-order valence-electron chi connectivity index (χ2n) is 5.86. The molecule has 0 saturated carbocycles. The number of ketones is 1. The van der Waals surface area contributed by atoms with E-state index < -0.39 is 23.8 Å². The average Bonchev–Trinajstić information content (AvgIpc) is 2.65. The number of hydrogen-bond donors (Lipinski definition) is 3. The maximum atomic E-state index is 12.2. The van der Waals surface area contributed by atoms with Gasteiger partial charge >= 0.3 is 5.97 Å². The smallest absolute Gasteiger partial charge is 0.344 e. The Morgan fingerprint density at radius 3 is 2.61 bits per heavy atom. The molecule has 8 heteroatoms. The normalized spacial score (nSPS) is 19.0. The Hall–Kier alpha value is -3.26. The number of rotatable bonds is 8. The molecule has 0 fully saturated rings. The van der Waals surface area contributed by atoms with E-state index in [1.54, 1.807) is 6.92 Å². The van der Waals surface area contributed by atoms with Crippen LogP contribution in [-0.4, -0.2) is 53.5 Å². The summed E-state index contributed by atoms with van der Waals surface area (Å²) >= 11 is 0. The van der Waals surface area contributed by atoms with Gasteiger partial charge < -0.3 is 29.5 Å². The molecule has 1 aromatic carbocycles. The van der Waals surface area contributed by atoms with Crippen LogP contribution < -0.4 is 4.74 Å². The van der Waals surface area contributed by atoms with Crippen LogP contribution in [0.25, 0.3) is 0 Å². The summed E-state index contributed by atoms with van der Waals surface area (Å²) in [5.74, 6) is -1.89. The Morgan fingerprint density at radius 1 is 1.25 bits per heavy atom. The van der Waals surface area contributed by atoms with Crippen LogP contribution in [0.4, 0.5) is 0 Å². The van der Waals surface area contributed by atoms with Crippen molar-refractivity contribution in [3.05, 3.63) is 59.6 Å². The number of allylic oxidation sites excluding steroid dienone is 2. The fourth-order valence-corrected chi connectivity index (χ4v) is 2.51. The van der Waals surface area contributed by atoms with Crippen LogP contribution in [0.3, 0.4) is 0 Å². The molecule has 8 nitrogen and oxygen atoms in total. The Morgan fingerprint density at radius 2 is 2.00 bits per heavy atom. The van der Waals surface area contributed by atoms with Gasteiger partial charge in [0.25, 0.3) is 0 Å². The van der Waals surface area contributed by atoms with Gasteiger partial charge in [-0.05, 0) is 37.3 Å². The first-order chi connectivity index (χ1) is 13.3. The van der Waals surface area contributed by atoms with Crippen molar-refractivity contribution in [3.8, 4) is 11.5 Å². The van der Waals surface area contributed by atoms with Crippen molar-refractivity contribution in [1.82, 2.24) is 0 Å². The quantitative estimate of drug-likeness (QED) is 0.350. The minimum absolute atomic E-state index is 0.120. The molecule has 1 aliphatic carbocycles. The number of aliphatic hydroxyl groups excluding tert-OH is 2. The van der Waals surface area contributed by atoms with E-state index >= 15 is 0 Å². The highest BCUT2D eigenvalue weighted by molar-refractivity contribution is 6.04. The largest absolute Gasteiger partial charge is 0.511 e. The third kappa shape index (κ3) is 5.37. The van der Waals surface area contributed by atoms with E-state index in [4.69, 9.17) is 14.2 Å². The monoisotopic (exact) mass is 390 g/mol. The number of ether oxygens (including phenoxy) is 3. The Labute approximate surface area is 162 Å². The van der Waals surface area contributed by atoms with Gasteiger partial charge in [-0.1, -0.05) is 6.08 Å². The summed E-state index contributed by atoms with van der Waals surface area (Å²) in [5.41, 5.74) is 0.220. The summed E-state index contributed by atoms with van der Waals surface area (Å²) in [5, 5.41) is 30.0. The molecule has 0 aliphatic heterocycles. The van der Waals surface area contributed by atoms with Crippen LogP contribution >= 0.6 is 0 Å². The molecule has 150 valence electrons. The van der Waals surface area contributed by atoms with Gasteiger partial charge in [0.15, 0.2) is 23.9 Å². The highest BCUT2D eigenvalue weighted by atomic mass is 16.6. The second kappa shape index (κ2) is 9.61. The highest BCUT2D eigenvalue weighted by Gasteiger charge is 2.25. The molecule has 0 saturated heterocycles. The van der Waals surface area contributed by atoms with E-state index in [-0.39, 0.29) is 41.8 Å². The number of carbonyl (C=O) groups excluding carboxylic acids is 2. The van der Waals surface area contributed by atoms with Crippen molar-refractivity contribution in [3.63, 3.8) is 0 Å². The third-order valence-corrected chi connectivity index (χ3v) is 3.91. The zero-order valence-corrected chi connectivity index (χ0v) is 15.5. The summed E-state index contributed by atoms with van der Waals surface area (Å²) in [7, 11) is 1.40. The molecule has 0 heterocycles. The van der Waals surface area contributed by atoms with Crippen molar-refractivity contribution < 1.29 is 39.1 Å². The molecule has 2 rings (SSSR count). The molecule has 0 spiro atoms. The van der Waals surface area contributed by atoms with Gasteiger partial charge in [-0.15, -0.1) is 0 Å². The van der Waals surface area contributed by atoms with E-state index in [9.17, 15) is 24.9 Å². The van der Waals surface area contributed by atoms with Crippen molar-refractivity contribution in [2.75, 3.05) is 20.3 Å². The zero-order chi connectivity index (χ0) is 20.7. The van der Waals surface area contributed by atoms with Gasteiger partial charge in [0.2, 0.25) is 0 Å². The summed E-state index contributed by atoms with van der Waals surface area (Å²) in [6, 6.07) is 4.21. The van der Waals surface area contributed by atoms with E-state index in [1.165, 1.54) is 49.6 Å². The van der Waals surface area contributed by atoms with Gasteiger partial charge in [0.05, 0.1) is 25.7 Å². The molecular weight excluding hydrogens is 368 g/mol. The molecule has 28 heavy (non-hydrogen) atoms. The third-order valence-electron chi connectivity index (χ3n) is 3.91. The maximum Gasteiger partial charge on any atom is 0.344 e. The average molecular weight is 390 g/mol. The molecular formula is C20H22O8. The predicted octanol–water partition coefficient (Wildman–Crippen LogP) is 2.04. The van der Waals surface area contributed by atoms with Gasteiger partial charge in [-0.25, -0.2) is 4.79 Å². The summed E-state index contributed by atoms with van der Waals surface area (Å²) in [4.78, 5) is 23.5. The van der Waals surface area contributed by atoms with Gasteiger partial charge in [0.1, 0.15) is 11.5 Å². The van der Waals surface area contributed by atoms with E-state index in [1.807, 2.05) is 0 Å². The van der Waals surface area contributed by atoms with Crippen LogP contribution in [0.15, 0.2) is 54.0 Å². The van der Waals surface area contributed by atoms with Gasteiger partial charge in [-0.3, -0.25) is 4.79 Å². The lowest BCUT2D eigenvalue weighted by Gasteiger charge is -2.22. The molecule has 2 atom stereocenters. The number of methoxy groups -OCH3 is 1. The molecule has 0 bridgehead atoms. The first kappa shape index (κ1) is 21.0. The Bertz CT molecular complexity index is 821. The first-order valence-electron chi connectivity index (χ1n) is 8.54. The van der Waals surface area contributed by atoms with Crippen LogP contribution in [0.2, 0.25) is 0 Å². The van der Waals surface area contributed by atoms with Crippen LogP contribution in [-0.2, 0) is 14.3 Å². The standard InChI is InChI=1S/C20H22O8/c1-3-27-20(25)11-28-13-9-16(22)14(17(23)10-13)5-6-15(21)12-4-7-19(26-2)18(24)8-12/h4-10,14,16,22-24H,3,11H2,1-2H3. The Balaban J connectivity index is 2.02. The molecule has 0 amide bonds. The number of aromatic hydroxyl groups is 1. The summed E-state index contributed by atoms with van der Waals surface area (Å²) in [6.07, 6.45) is 3.95. The topological polar surface area (TPSA) is 123 Å². The number of benzene rings is 1. The second-order valence-corrected chi connectivity index (χ2v) is 5.86. The van der Waals surface area contributed by atoms with Gasteiger partial charge in [-0.2, -0.15) is 0 Å². The lowest BCUT2D eigenvalue weighted by atomic mass is 9.93. The maximum absolute atomic E-state index is 12.2. The first-order valence-corrected chi connectivity index (χ1v) is 8.54. The lowest BCUT2D eigenvalue weighted by molar-refractivity contribution is -0.146. The number of esters is 1. The minimum atomic E-state index is -1.16. The number of aliphatic hydroxyl groups is 2.